The summed E-state index contributed by atoms with van der Waals surface area (Å²) in [5.74, 6) is -0.435. The molecule has 0 bridgehead atoms. The van der Waals surface area contributed by atoms with Gasteiger partial charge in [0.05, 0.1) is 41.0 Å². The lowest BCUT2D eigenvalue weighted by Gasteiger charge is -2.14. The summed E-state index contributed by atoms with van der Waals surface area (Å²) < 4.78 is 41.9. The number of thioether (sulfide) groups is 1. The molecule has 0 radical (unpaired) electrons. The number of nitrogen functional groups attached to an aromatic ring is 1. The average Bonchev–Trinajstić information content (AvgIpc) is 3.48. The van der Waals surface area contributed by atoms with Crippen molar-refractivity contribution in [1.29, 1.82) is 0 Å². The summed E-state index contributed by atoms with van der Waals surface area (Å²) in [6, 6.07) is 8.81. The largest absolute Gasteiger partial charge is 0.416 e. The normalized spacial score (nSPS) is 15.6. The molecule has 0 spiro atoms. The highest BCUT2D eigenvalue weighted by Gasteiger charge is 2.36. The second-order valence-electron chi connectivity index (χ2n) is 7.86. The first-order valence-electron chi connectivity index (χ1n) is 10.3. The average molecular weight is 550 g/mol. The van der Waals surface area contributed by atoms with Gasteiger partial charge in [-0.3, -0.25) is 19.2 Å². The molecule has 36 heavy (non-hydrogen) atoms. The van der Waals surface area contributed by atoms with Crippen LogP contribution in [0.3, 0.4) is 0 Å². The number of anilines is 1. The van der Waals surface area contributed by atoms with Gasteiger partial charge in [0.1, 0.15) is 0 Å². The van der Waals surface area contributed by atoms with Crippen molar-refractivity contribution in [3.05, 3.63) is 80.3 Å². The fourth-order valence-electron chi connectivity index (χ4n) is 3.78. The maximum absolute atomic E-state index is 13.5. The van der Waals surface area contributed by atoms with Gasteiger partial charge >= 0.3 is 6.18 Å². The van der Waals surface area contributed by atoms with Gasteiger partial charge in [0.15, 0.2) is 5.13 Å². The summed E-state index contributed by atoms with van der Waals surface area (Å²) in [7, 11) is 0. The van der Waals surface area contributed by atoms with Crippen molar-refractivity contribution in [3.8, 4) is 0 Å². The van der Waals surface area contributed by atoms with Crippen LogP contribution in [0.5, 0.6) is 0 Å². The lowest BCUT2D eigenvalue weighted by atomic mass is 10.1. The minimum absolute atomic E-state index is 0.00108. The van der Waals surface area contributed by atoms with Crippen LogP contribution >= 0.6 is 34.7 Å². The number of hydrogen-bond donors (Lipinski definition) is 1. The second-order valence-corrected chi connectivity index (χ2v) is 10.2. The van der Waals surface area contributed by atoms with E-state index in [-0.39, 0.29) is 28.6 Å². The van der Waals surface area contributed by atoms with E-state index in [2.05, 4.69) is 10.1 Å². The van der Waals surface area contributed by atoms with Crippen molar-refractivity contribution in [3.63, 3.8) is 0 Å². The van der Waals surface area contributed by atoms with Crippen molar-refractivity contribution in [2.24, 2.45) is 0 Å². The summed E-state index contributed by atoms with van der Waals surface area (Å²) in [6.45, 7) is -0.0684. The molecule has 0 unspecified atom stereocenters. The van der Waals surface area contributed by atoms with E-state index in [0.29, 0.717) is 27.3 Å². The van der Waals surface area contributed by atoms with Crippen molar-refractivity contribution < 1.29 is 22.8 Å². The molecule has 1 saturated heterocycles. The molecule has 1 fully saturated rings. The molecule has 0 aliphatic carbocycles. The molecule has 0 saturated carbocycles. The van der Waals surface area contributed by atoms with Gasteiger partial charge in [-0.15, -0.1) is 11.3 Å². The summed E-state index contributed by atoms with van der Waals surface area (Å²) in [4.78, 5) is 30.6. The Labute approximate surface area is 215 Å². The molecule has 0 atom stereocenters. The molecule has 2 aromatic heterocycles. The Balaban J connectivity index is 1.39. The maximum Gasteiger partial charge on any atom is 0.416 e. The van der Waals surface area contributed by atoms with Crippen LogP contribution in [0.4, 0.5) is 23.1 Å². The SMILES string of the molecule is Nc1nc(CN2C(=O)S/C(=C\c3ccc4c(cnn4Cc4ccc(Cl)cc4C(F)(F)F)c3)C2=O)cs1. The van der Waals surface area contributed by atoms with Gasteiger partial charge in [-0.2, -0.15) is 18.3 Å². The molecule has 2 amide bonds. The number of benzene rings is 2. The molecule has 1 aliphatic rings. The van der Waals surface area contributed by atoms with Crippen molar-refractivity contribution in [2.75, 3.05) is 5.73 Å². The third-order valence-corrected chi connectivity index (χ3v) is 7.29. The first-order chi connectivity index (χ1) is 17.1. The standard InChI is InChI=1S/C23H15ClF3N5O2S2/c24-15-3-2-13(17(7-15)23(25,26)27)9-32-18-4-1-12(5-14(18)8-29-32)6-19-20(33)31(22(34)36-19)10-16-11-35-21(28)30-16/h1-8,11H,9-10H2,(H2,28,30)/b19-6-. The van der Waals surface area contributed by atoms with E-state index in [1.165, 1.54) is 34.3 Å². The summed E-state index contributed by atoms with van der Waals surface area (Å²) in [6.07, 6.45) is -1.42. The van der Waals surface area contributed by atoms with Crippen LogP contribution in [0.15, 0.2) is 52.9 Å². The molecule has 184 valence electrons. The smallest absolute Gasteiger partial charge is 0.375 e. The summed E-state index contributed by atoms with van der Waals surface area (Å²) in [5, 5.41) is 6.55. The Kier molecular flexibility index (Phi) is 6.27. The van der Waals surface area contributed by atoms with E-state index in [1.807, 2.05) is 0 Å². The number of carbonyl (C=O) groups is 2. The number of amides is 2. The predicted molar refractivity (Wildman–Crippen MR) is 133 cm³/mol. The topological polar surface area (TPSA) is 94.1 Å². The number of carbonyl (C=O) groups excluding carboxylic acids is 2. The summed E-state index contributed by atoms with van der Waals surface area (Å²) in [5.41, 5.74) is 6.63. The van der Waals surface area contributed by atoms with Gasteiger partial charge < -0.3 is 5.73 Å². The van der Waals surface area contributed by atoms with Gasteiger partial charge in [0, 0.05) is 15.8 Å². The molecule has 2 aromatic carbocycles. The van der Waals surface area contributed by atoms with Crippen molar-refractivity contribution >= 4 is 68.0 Å². The number of fused-ring (bicyclic) bond motifs is 1. The van der Waals surface area contributed by atoms with E-state index in [1.54, 1.807) is 29.7 Å². The van der Waals surface area contributed by atoms with E-state index >= 15 is 0 Å². The molecule has 7 nitrogen and oxygen atoms in total. The van der Waals surface area contributed by atoms with Gasteiger partial charge in [-0.1, -0.05) is 23.7 Å². The number of rotatable bonds is 5. The lowest BCUT2D eigenvalue weighted by Crippen LogP contribution is -2.27. The third kappa shape index (κ3) is 4.84. The highest BCUT2D eigenvalue weighted by molar-refractivity contribution is 8.18. The summed E-state index contributed by atoms with van der Waals surface area (Å²) >= 11 is 7.82. The highest BCUT2D eigenvalue weighted by Crippen LogP contribution is 2.36. The lowest BCUT2D eigenvalue weighted by molar-refractivity contribution is -0.138. The Bertz CT molecular complexity index is 1550. The van der Waals surface area contributed by atoms with E-state index in [0.717, 1.165) is 22.7 Å². The van der Waals surface area contributed by atoms with Crippen LogP contribution in [0.2, 0.25) is 5.02 Å². The zero-order valence-electron chi connectivity index (χ0n) is 18.1. The number of nitrogens with zero attached hydrogens (tertiary/aromatic N) is 4. The number of alkyl halides is 3. The fourth-order valence-corrected chi connectivity index (χ4v) is 5.34. The second kappa shape index (κ2) is 9.26. The molecule has 2 N–H and O–H groups in total. The number of imide groups is 1. The Morgan fingerprint density at radius 1 is 1.11 bits per heavy atom. The van der Waals surface area contributed by atoms with Crippen LogP contribution in [0.25, 0.3) is 17.0 Å². The van der Waals surface area contributed by atoms with Gasteiger partial charge in [-0.25, -0.2) is 4.98 Å². The number of halogens is 4. The molecule has 1 aliphatic heterocycles. The van der Waals surface area contributed by atoms with Crippen LogP contribution < -0.4 is 5.73 Å². The molecule has 13 heteroatoms. The van der Waals surface area contributed by atoms with Gasteiger partial charge in [-0.05, 0) is 53.2 Å². The highest BCUT2D eigenvalue weighted by atomic mass is 35.5. The van der Waals surface area contributed by atoms with Crippen LogP contribution in [-0.4, -0.2) is 30.8 Å². The quantitative estimate of drug-likeness (QED) is 0.305. The molecular formula is C23H15ClF3N5O2S2. The first kappa shape index (κ1) is 24.3. The number of nitrogens with two attached hydrogens (primary N) is 1. The molecule has 4 aromatic rings. The van der Waals surface area contributed by atoms with Crippen LogP contribution in [-0.2, 0) is 24.1 Å². The van der Waals surface area contributed by atoms with Gasteiger partial charge in [0.25, 0.3) is 11.1 Å². The number of hydrogen-bond acceptors (Lipinski definition) is 7. The third-order valence-electron chi connectivity index (χ3n) is 5.42. The minimum atomic E-state index is -4.55. The maximum atomic E-state index is 13.5. The monoisotopic (exact) mass is 549 g/mol. The Morgan fingerprint density at radius 3 is 2.64 bits per heavy atom. The number of thiazole rings is 1. The van der Waals surface area contributed by atoms with Crippen molar-refractivity contribution in [1.82, 2.24) is 19.7 Å². The Morgan fingerprint density at radius 2 is 1.92 bits per heavy atom. The number of aromatic nitrogens is 3. The molecule has 5 rings (SSSR count). The Hall–Kier alpha value is -3.35. The van der Waals surface area contributed by atoms with E-state index in [9.17, 15) is 22.8 Å². The molecule has 3 heterocycles. The fraction of sp³-hybridized carbons (Fsp3) is 0.130. The van der Waals surface area contributed by atoms with Crippen LogP contribution in [0, 0.1) is 0 Å². The van der Waals surface area contributed by atoms with E-state index in [4.69, 9.17) is 17.3 Å². The van der Waals surface area contributed by atoms with Crippen LogP contribution in [0.1, 0.15) is 22.4 Å². The van der Waals surface area contributed by atoms with Gasteiger partial charge in [0.2, 0.25) is 0 Å². The van der Waals surface area contributed by atoms with Crippen molar-refractivity contribution in [2.45, 2.75) is 19.3 Å². The zero-order chi connectivity index (χ0) is 25.6. The first-order valence-corrected chi connectivity index (χ1v) is 12.4. The molecular weight excluding hydrogens is 535 g/mol. The minimum Gasteiger partial charge on any atom is -0.375 e. The van der Waals surface area contributed by atoms with E-state index < -0.39 is 22.9 Å². The zero-order valence-corrected chi connectivity index (χ0v) is 20.5. The predicted octanol–water partition coefficient (Wildman–Crippen LogP) is 6.03.